The van der Waals surface area contributed by atoms with Gasteiger partial charge in [0.25, 0.3) is 0 Å². The van der Waals surface area contributed by atoms with Crippen LogP contribution in [0.1, 0.15) is 17.3 Å². The van der Waals surface area contributed by atoms with E-state index in [1.165, 1.54) is 0 Å². The number of rotatable bonds is 4. The number of nitrogens with zero attached hydrogens (tertiary/aromatic N) is 1. The normalized spacial score (nSPS) is 12.6. The molecule has 0 aliphatic carbocycles. The van der Waals surface area contributed by atoms with Gasteiger partial charge in [0.05, 0.1) is 18.7 Å². The summed E-state index contributed by atoms with van der Waals surface area (Å²) < 4.78 is 7.19. The fourth-order valence-corrected chi connectivity index (χ4v) is 1.86. The van der Waals surface area contributed by atoms with Gasteiger partial charge >= 0.3 is 0 Å². The molecule has 2 heterocycles. The maximum absolute atomic E-state index is 12.2. The zero-order chi connectivity index (χ0) is 12.4. The minimum Gasteiger partial charge on any atom is -0.495 e. The van der Waals surface area contributed by atoms with Gasteiger partial charge in [0.1, 0.15) is 5.75 Å². The third-order valence-corrected chi connectivity index (χ3v) is 2.95. The summed E-state index contributed by atoms with van der Waals surface area (Å²) in [5.41, 5.74) is 1.51. The van der Waals surface area contributed by atoms with Crippen LogP contribution >= 0.6 is 0 Å². The molecule has 1 atom stereocenters. The summed E-state index contributed by atoms with van der Waals surface area (Å²) >= 11 is 0. The Morgan fingerprint density at radius 3 is 2.82 bits per heavy atom. The Morgan fingerprint density at radius 1 is 1.41 bits per heavy atom. The van der Waals surface area contributed by atoms with Gasteiger partial charge < -0.3 is 14.5 Å². The average Bonchev–Trinajstić information content (AvgIpc) is 2.80. The Balaban J connectivity index is 2.59. The van der Waals surface area contributed by atoms with Gasteiger partial charge in [-0.2, -0.15) is 0 Å². The molecule has 0 saturated heterocycles. The number of pyridine rings is 1. The highest BCUT2D eigenvalue weighted by molar-refractivity contribution is 6.06. The van der Waals surface area contributed by atoms with Crippen LogP contribution in [0, 0.1) is 0 Å². The van der Waals surface area contributed by atoms with E-state index in [2.05, 4.69) is 5.32 Å². The third-order valence-electron chi connectivity index (χ3n) is 2.95. The van der Waals surface area contributed by atoms with Crippen molar-refractivity contribution in [2.45, 2.75) is 13.0 Å². The van der Waals surface area contributed by atoms with Crippen molar-refractivity contribution < 1.29 is 9.53 Å². The van der Waals surface area contributed by atoms with E-state index in [1.54, 1.807) is 14.2 Å². The summed E-state index contributed by atoms with van der Waals surface area (Å²) in [7, 11) is 3.39. The van der Waals surface area contributed by atoms with Crippen LogP contribution in [0.3, 0.4) is 0 Å². The zero-order valence-electron chi connectivity index (χ0n) is 10.2. The number of aromatic nitrogens is 1. The van der Waals surface area contributed by atoms with Crippen LogP contribution in [-0.4, -0.2) is 30.4 Å². The summed E-state index contributed by atoms with van der Waals surface area (Å²) in [5.74, 6) is 0.781. The van der Waals surface area contributed by atoms with E-state index in [4.69, 9.17) is 4.74 Å². The first-order valence-corrected chi connectivity index (χ1v) is 5.54. The second-order valence-corrected chi connectivity index (χ2v) is 3.94. The summed E-state index contributed by atoms with van der Waals surface area (Å²) in [6.45, 7) is 1.85. The van der Waals surface area contributed by atoms with Crippen LogP contribution in [0.2, 0.25) is 0 Å². The monoisotopic (exact) mass is 232 g/mol. The van der Waals surface area contributed by atoms with Gasteiger partial charge in [-0.25, -0.2) is 0 Å². The Morgan fingerprint density at radius 2 is 2.18 bits per heavy atom. The molecule has 0 radical (unpaired) electrons. The number of carbonyl (C=O) groups excluding carboxylic acids is 1. The molecule has 2 aromatic heterocycles. The van der Waals surface area contributed by atoms with Crippen molar-refractivity contribution in [1.29, 1.82) is 0 Å². The van der Waals surface area contributed by atoms with Gasteiger partial charge in [0, 0.05) is 18.0 Å². The highest BCUT2D eigenvalue weighted by Gasteiger charge is 2.19. The first-order chi connectivity index (χ1) is 8.19. The number of fused-ring (bicyclic) bond motifs is 1. The van der Waals surface area contributed by atoms with Crippen LogP contribution in [-0.2, 0) is 0 Å². The van der Waals surface area contributed by atoms with Crippen molar-refractivity contribution in [1.82, 2.24) is 9.72 Å². The van der Waals surface area contributed by atoms with E-state index in [0.29, 0.717) is 11.3 Å². The predicted octanol–water partition coefficient (Wildman–Crippen LogP) is 1.74. The molecule has 0 bridgehead atoms. The van der Waals surface area contributed by atoms with Crippen LogP contribution in [0.5, 0.6) is 5.75 Å². The van der Waals surface area contributed by atoms with Crippen LogP contribution in [0.4, 0.5) is 0 Å². The first-order valence-electron chi connectivity index (χ1n) is 5.54. The van der Waals surface area contributed by atoms with Gasteiger partial charge in [0.2, 0.25) is 0 Å². The number of carbonyl (C=O) groups is 1. The molecule has 0 aliphatic heterocycles. The molecule has 0 saturated carbocycles. The van der Waals surface area contributed by atoms with Gasteiger partial charge in [-0.3, -0.25) is 4.79 Å². The topological polar surface area (TPSA) is 42.7 Å². The number of hydrogen-bond donors (Lipinski definition) is 1. The minimum absolute atomic E-state index is 0.0690. The molecule has 0 amide bonds. The lowest BCUT2D eigenvalue weighted by atomic mass is 10.1. The number of ketones is 1. The van der Waals surface area contributed by atoms with E-state index in [-0.39, 0.29) is 11.8 Å². The number of nitrogens with one attached hydrogen (secondary N) is 1. The Bertz CT molecular complexity index is 545. The average molecular weight is 232 g/mol. The highest BCUT2D eigenvalue weighted by atomic mass is 16.5. The first kappa shape index (κ1) is 11.7. The number of likely N-dealkylation sites (N-methyl/N-ethyl adjacent to an activating group) is 1. The molecule has 0 aromatic carbocycles. The molecule has 90 valence electrons. The Kier molecular flexibility index (Phi) is 3.15. The summed E-state index contributed by atoms with van der Waals surface area (Å²) in [4.78, 5) is 12.2. The van der Waals surface area contributed by atoms with E-state index in [1.807, 2.05) is 41.9 Å². The zero-order valence-corrected chi connectivity index (χ0v) is 10.2. The van der Waals surface area contributed by atoms with Gasteiger partial charge in [-0.05, 0) is 32.2 Å². The number of Topliss-reactive ketones (excluding diaryl/α,β-unsaturated/α-hetero) is 1. The van der Waals surface area contributed by atoms with Crippen molar-refractivity contribution in [2.75, 3.05) is 14.2 Å². The number of hydrogen-bond acceptors (Lipinski definition) is 3. The molecule has 4 nitrogen and oxygen atoms in total. The molecule has 4 heteroatoms. The molecule has 1 unspecified atom stereocenters. The third kappa shape index (κ3) is 1.91. The highest BCUT2D eigenvalue weighted by Crippen LogP contribution is 2.24. The molecule has 2 aromatic rings. The molecule has 1 N–H and O–H groups in total. The SMILES string of the molecule is CNC(C)C(=O)c1ccn2cccc(OC)c12. The van der Waals surface area contributed by atoms with Crippen LogP contribution < -0.4 is 10.1 Å². The lowest BCUT2D eigenvalue weighted by Crippen LogP contribution is -2.30. The minimum atomic E-state index is -0.203. The second kappa shape index (κ2) is 4.59. The maximum Gasteiger partial charge on any atom is 0.181 e. The fraction of sp³-hybridized carbons (Fsp3) is 0.308. The van der Waals surface area contributed by atoms with Gasteiger partial charge in [-0.1, -0.05) is 0 Å². The van der Waals surface area contributed by atoms with E-state index >= 15 is 0 Å². The van der Waals surface area contributed by atoms with Crippen molar-refractivity contribution in [2.24, 2.45) is 0 Å². The number of methoxy groups -OCH3 is 1. The Labute approximate surface area is 100 Å². The molecule has 2 rings (SSSR count). The van der Waals surface area contributed by atoms with Crippen molar-refractivity contribution in [3.63, 3.8) is 0 Å². The van der Waals surface area contributed by atoms with E-state index in [0.717, 1.165) is 5.52 Å². The molecular formula is C13H16N2O2. The van der Waals surface area contributed by atoms with Gasteiger partial charge in [0.15, 0.2) is 5.78 Å². The van der Waals surface area contributed by atoms with Gasteiger partial charge in [-0.15, -0.1) is 0 Å². The maximum atomic E-state index is 12.2. The largest absolute Gasteiger partial charge is 0.495 e. The van der Waals surface area contributed by atoms with Crippen molar-refractivity contribution in [3.8, 4) is 5.75 Å². The summed E-state index contributed by atoms with van der Waals surface area (Å²) in [6, 6.07) is 5.37. The molecule has 0 spiro atoms. The number of ether oxygens (including phenoxy) is 1. The van der Waals surface area contributed by atoms with Crippen molar-refractivity contribution >= 4 is 11.3 Å². The quantitative estimate of drug-likeness (QED) is 0.816. The smallest absolute Gasteiger partial charge is 0.181 e. The predicted molar refractivity (Wildman–Crippen MR) is 66.8 cm³/mol. The molecular weight excluding hydrogens is 216 g/mol. The summed E-state index contributed by atoms with van der Waals surface area (Å²) in [6.07, 6.45) is 3.77. The van der Waals surface area contributed by atoms with Crippen molar-refractivity contribution in [3.05, 3.63) is 36.2 Å². The standard InChI is InChI=1S/C13H16N2O2/c1-9(14-2)13(16)10-6-8-15-7-4-5-11(17-3)12(10)15/h4-9,14H,1-3H3. The second-order valence-electron chi connectivity index (χ2n) is 3.94. The molecule has 17 heavy (non-hydrogen) atoms. The lowest BCUT2D eigenvalue weighted by Gasteiger charge is -2.10. The van der Waals surface area contributed by atoms with E-state index < -0.39 is 0 Å². The molecule has 0 aliphatic rings. The van der Waals surface area contributed by atoms with Crippen LogP contribution in [0.15, 0.2) is 30.6 Å². The molecule has 0 fully saturated rings. The lowest BCUT2D eigenvalue weighted by molar-refractivity contribution is 0.0956. The summed E-state index contributed by atoms with van der Waals surface area (Å²) in [5, 5.41) is 2.96. The van der Waals surface area contributed by atoms with E-state index in [9.17, 15) is 4.79 Å². The Hall–Kier alpha value is -1.81. The fourth-order valence-electron chi connectivity index (χ4n) is 1.86. The van der Waals surface area contributed by atoms with Crippen LogP contribution in [0.25, 0.3) is 5.52 Å².